The Hall–Kier alpha value is -1.82. The zero-order valence-electron chi connectivity index (χ0n) is 15.2. The standard InChI is InChI=1S/C20H28N2O3/c1-3-24-18-7-5-17(6-8-18)14-21-15-19(20-9-4-16(2)25-20)22-10-12-23-13-11-22/h4-9,19,21H,3,10-15H2,1-2H3. The van der Waals surface area contributed by atoms with Gasteiger partial charge in [-0.2, -0.15) is 0 Å². The second-order valence-corrected chi connectivity index (χ2v) is 6.32. The second-order valence-electron chi connectivity index (χ2n) is 6.32. The molecule has 0 amide bonds. The van der Waals surface area contributed by atoms with Crippen molar-refractivity contribution in [2.75, 3.05) is 39.5 Å². The van der Waals surface area contributed by atoms with Crippen LogP contribution in [0.25, 0.3) is 0 Å². The summed E-state index contributed by atoms with van der Waals surface area (Å²) in [6.07, 6.45) is 0. The fourth-order valence-corrected chi connectivity index (χ4v) is 3.15. The number of ether oxygens (including phenoxy) is 2. The maximum atomic E-state index is 5.91. The van der Waals surface area contributed by atoms with E-state index in [0.29, 0.717) is 6.61 Å². The highest BCUT2D eigenvalue weighted by Crippen LogP contribution is 2.23. The molecule has 0 radical (unpaired) electrons. The topological polar surface area (TPSA) is 46.9 Å². The molecule has 136 valence electrons. The average molecular weight is 344 g/mol. The molecule has 1 aliphatic heterocycles. The quantitative estimate of drug-likeness (QED) is 0.797. The molecule has 1 aromatic carbocycles. The van der Waals surface area contributed by atoms with E-state index in [9.17, 15) is 0 Å². The number of hydrogen-bond donors (Lipinski definition) is 1. The van der Waals surface area contributed by atoms with Crippen LogP contribution in [0, 0.1) is 6.92 Å². The first kappa shape index (κ1) is 18.0. The van der Waals surface area contributed by atoms with Crippen LogP contribution in [0.2, 0.25) is 0 Å². The van der Waals surface area contributed by atoms with E-state index >= 15 is 0 Å². The molecular formula is C20H28N2O3. The number of benzene rings is 1. The Morgan fingerprint density at radius 1 is 1.12 bits per heavy atom. The van der Waals surface area contributed by atoms with Crippen molar-refractivity contribution in [3.05, 3.63) is 53.5 Å². The minimum absolute atomic E-state index is 0.236. The van der Waals surface area contributed by atoms with Crippen molar-refractivity contribution < 1.29 is 13.9 Å². The summed E-state index contributed by atoms with van der Waals surface area (Å²) >= 11 is 0. The van der Waals surface area contributed by atoms with Gasteiger partial charge in [-0.1, -0.05) is 12.1 Å². The van der Waals surface area contributed by atoms with Gasteiger partial charge in [0.1, 0.15) is 17.3 Å². The molecule has 2 aromatic rings. The van der Waals surface area contributed by atoms with Gasteiger partial charge in [-0.15, -0.1) is 0 Å². The van der Waals surface area contributed by atoms with Gasteiger partial charge >= 0.3 is 0 Å². The van der Waals surface area contributed by atoms with E-state index in [1.165, 1.54) is 5.56 Å². The lowest BCUT2D eigenvalue weighted by Gasteiger charge is -2.33. The Morgan fingerprint density at radius 2 is 1.88 bits per heavy atom. The van der Waals surface area contributed by atoms with Crippen molar-refractivity contribution in [2.45, 2.75) is 26.4 Å². The van der Waals surface area contributed by atoms with Gasteiger partial charge in [-0.05, 0) is 43.7 Å². The third kappa shape index (κ3) is 5.08. The Balaban J connectivity index is 1.58. The minimum atomic E-state index is 0.236. The third-order valence-electron chi connectivity index (χ3n) is 4.48. The van der Waals surface area contributed by atoms with Gasteiger partial charge < -0.3 is 19.2 Å². The summed E-state index contributed by atoms with van der Waals surface area (Å²) in [5, 5.41) is 3.57. The van der Waals surface area contributed by atoms with Gasteiger partial charge in [0.2, 0.25) is 0 Å². The molecular weight excluding hydrogens is 316 g/mol. The highest BCUT2D eigenvalue weighted by molar-refractivity contribution is 5.27. The predicted octanol–water partition coefficient (Wildman–Crippen LogP) is 3.15. The summed E-state index contributed by atoms with van der Waals surface area (Å²) in [6.45, 7) is 9.81. The second kappa shape index (κ2) is 9.04. The van der Waals surface area contributed by atoms with Gasteiger partial charge in [0, 0.05) is 26.2 Å². The maximum Gasteiger partial charge on any atom is 0.122 e. The normalized spacial score (nSPS) is 16.7. The lowest BCUT2D eigenvalue weighted by atomic mass is 10.1. The smallest absolute Gasteiger partial charge is 0.122 e. The van der Waals surface area contributed by atoms with Gasteiger partial charge in [0.15, 0.2) is 0 Å². The first-order valence-corrected chi connectivity index (χ1v) is 9.07. The fraction of sp³-hybridized carbons (Fsp3) is 0.500. The number of rotatable bonds is 8. The predicted molar refractivity (Wildman–Crippen MR) is 97.9 cm³/mol. The van der Waals surface area contributed by atoms with Crippen molar-refractivity contribution in [1.82, 2.24) is 10.2 Å². The van der Waals surface area contributed by atoms with Crippen LogP contribution >= 0.6 is 0 Å². The molecule has 0 spiro atoms. The van der Waals surface area contributed by atoms with E-state index in [0.717, 1.165) is 56.7 Å². The zero-order chi connectivity index (χ0) is 17.5. The maximum absolute atomic E-state index is 5.91. The Morgan fingerprint density at radius 3 is 2.52 bits per heavy atom. The number of furan rings is 1. The van der Waals surface area contributed by atoms with Crippen LogP contribution in [0.5, 0.6) is 5.75 Å². The molecule has 0 bridgehead atoms. The molecule has 2 heterocycles. The van der Waals surface area contributed by atoms with Crippen molar-refractivity contribution in [1.29, 1.82) is 0 Å². The molecule has 25 heavy (non-hydrogen) atoms. The summed E-state index contributed by atoms with van der Waals surface area (Å²) in [6, 6.07) is 12.6. The minimum Gasteiger partial charge on any atom is -0.494 e. The molecule has 5 nitrogen and oxygen atoms in total. The van der Waals surface area contributed by atoms with E-state index in [-0.39, 0.29) is 6.04 Å². The van der Waals surface area contributed by atoms with Crippen LogP contribution in [-0.2, 0) is 11.3 Å². The monoisotopic (exact) mass is 344 g/mol. The fourth-order valence-electron chi connectivity index (χ4n) is 3.15. The molecule has 1 saturated heterocycles. The van der Waals surface area contributed by atoms with Crippen LogP contribution < -0.4 is 10.1 Å². The van der Waals surface area contributed by atoms with E-state index in [4.69, 9.17) is 13.9 Å². The zero-order valence-corrected chi connectivity index (χ0v) is 15.2. The van der Waals surface area contributed by atoms with Gasteiger partial charge in [-0.3, -0.25) is 4.90 Å². The van der Waals surface area contributed by atoms with Gasteiger partial charge in [0.25, 0.3) is 0 Å². The van der Waals surface area contributed by atoms with Crippen molar-refractivity contribution in [3.8, 4) is 5.75 Å². The van der Waals surface area contributed by atoms with Crippen LogP contribution in [0.1, 0.15) is 30.0 Å². The molecule has 1 aromatic heterocycles. The lowest BCUT2D eigenvalue weighted by molar-refractivity contribution is 0.0115. The van der Waals surface area contributed by atoms with Gasteiger partial charge in [-0.25, -0.2) is 0 Å². The molecule has 1 aliphatic rings. The first-order chi connectivity index (χ1) is 12.3. The molecule has 1 N–H and O–H groups in total. The number of morpholine rings is 1. The van der Waals surface area contributed by atoms with E-state index in [2.05, 4.69) is 28.4 Å². The van der Waals surface area contributed by atoms with E-state index < -0.39 is 0 Å². The molecule has 0 aliphatic carbocycles. The Kier molecular flexibility index (Phi) is 6.50. The van der Waals surface area contributed by atoms with Crippen molar-refractivity contribution >= 4 is 0 Å². The summed E-state index contributed by atoms with van der Waals surface area (Å²) in [5.41, 5.74) is 1.25. The lowest BCUT2D eigenvalue weighted by Crippen LogP contribution is -2.42. The largest absolute Gasteiger partial charge is 0.494 e. The summed E-state index contributed by atoms with van der Waals surface area (Å²) in [7, 11) is 0. The van der Waals surface area contributed by atoms with Crippen LogP contribution in [0.3, 0.4) is 0 Å². The summed E-state index contributed by atoms with van der Waals surface area (Å²) < 4.78 is 16.9. The molecule has 3 rings (SSSR count). The van der Waals surface area contributed by atoms with Crippen LogP contribution in [-0.4, -0.2) is 44.4 Å². The number of nitrogens with zero attached hydrogens (tertiary/aromatic N) is 1. The Bertz CT molecular complexity index is 633. The highest BCUT2D eigenvalue weighted by Gasteiger charge is 2.24. The molecule has 1 atom stereocenters. The average Bonchev–Trinajstić information content (AvgIpc) is 3.07. The first-order valence-electron chi connectivity index (χ1n) is 9.07. The SMILES string of the molecule is CCOc1ccc(CNCC(c2ccc(C)o2)N2CCOCC2)cc1. The van der Waals surface area contributed by atoms with E-state index in [1.54, 1.807) is 0 Å². The molecule has 5 heteroatoms. The third-order valence-corrected chi connectivity index (χ3v) is 4.48. The number of hydrogen-bond acceptors (Lipinski definition) is 5. The molecule has 1 unspecified atom stereocenters. The molecule has 0 saturated carbocycles. The molecule has 1 fully saturated rings. The Labute approximate surface area is 149 Å². The number of aryl methyl sites for hydroxylation is 1. The van der Waals surface area contributed by atoms with Gasteiger partial charge in [0.05, 0.1) is 25.9 Å². The van der Waals surface area contributed by atoms with Crippen LogP contribution in [0.15, 0.2) is 40.8 Å². The summed E-state index contributed by atoms with van der Waals surface area (Å²) in [5.74, 6) is 2.90. The van der Waals surface area contributed by atoms with Crippen molar-refractivity contribution in [2.24, 2.45) is 0 Å². The van der Waals surface area contributed by atoms with Crippen molar-refractivity contribution in [3.63, 3.8) is 0 Å². The van der Waals surface area contributed by atoms with E-state index in [1.807, 2.05) is 32.0 Å². The number of nitrogens with one attached hydrogen (secondary N) is 1. The summed E-state index contributed by atoms with van der Waals surface area (Å²) in [4.78, 5) is 2.44. The highest BCUT2D eigenvalue weighted by atomic mass is 16.5. The van der Waals surface area contributed by atoms with Crippen LogP contribution in [0.4, 0.5) is 0 Å².